The van der Waals surface area contributed by atoms with Crippen LogP contribution in [0.1, 0.15) is 5.56 Å². The number of halogens is 1. The lowest BCUT2D eigenvalue weighted by atomic mass is 10.2. The van der Waals surface area contributed by atoms with Crippen molar-refractivity contribution in [2.45, 2.75) is 0 Å². The molecule has 4 nitrogen and oxygen atoms in total. The molecule has 5 heteroatoms. The molecule has 1 heterocycles. The highest BCUT2D eigenvalue weighted by molar-refractivity contribution is 6.29. The van der Waals surface area contributed by atoms with Crippen LogP contribution in [-0.4, -0.2) is 21.0 Å². The molecule has 1 N–H and O–H groups in total. The quantitative estimate of drug-likeness (QED) is 0.811. The van der Waals surface area contributed by atoms with Crippen LogP contribution in [0.15, 0.2) is 30.5 Å². The molecule has 0 aliphatic heterocycles. The summed E-state index contributed by atoms with van der Waals surface area (Å²) in [5.41, 5.74) is 2.10. The fourth-order valence-corrected chi connectivity index (χ4v) is 1.42. The van der Waals surface area contributed by atoms with E-state index in [9.17, 15) is 4.79 Å². The van der Waals surface area contributed by atoms with Crippen LogP contribution in [0.2, 0.25) is 5.15 Å². The van der Waals surface area contributed by atoms with Crippen LogP contribution >= 0.6 is 11.6 Å². The molecule has 2 aromatic rings. The number of aromatic nitrogens is 2. The largest absolute Gasteiger partial charge is 0.478 e. The minimum absolute atomic E-state index is 0.312. The van der Waals surface area contributed by atoms with E-state index in [1.54, 1.807) is 18.2 Å². The third-order valence-electron chi connectivity index (χ3n) is 1.96. The molecule has 1 aromatic heterocycles. The molecule has 0 bridgehead atoms. The third-order valence-corrected chi connectivity index (χ3v) is 2.14. The van der Waals surface area contributed by atoms with E-state index in [-0.39, 0.29) is 0 Å². The van der Waals surface area contributed by atoms with Gasteiger partial charge in [0, 0.05) is 6.08 Å². The molecule has 80 valence electrons. The van der Waals surface area contributed by atoms with Crippen LogP contribution in [0.5, 0.6) is 0 Å². The van der Waals surface area contributed by atoms with Crippen molar-refractivity contribution in [3.63, 3.8) is 0 Å². The van der Waals surface area contributed by atoms with E-state index < -0.39 is 5.97 Å². The summed E-state index contributed by atoms with van der Waals surface area (Å²) in [4.78, 5) is 18.5. The molecule has 0 aliphatic carbocycles. The van der Waals surface area contributed by atoms with E-state index in [0.717, 1.165) is 17.2 Å². The van der Waals surface area contributed by atoms with Crippen molar-refractivity contribution in [2.75, 3.05) is 0 Å². The third kappa shape index (κ3) is 2.35. The van der Waals surface area contributed by atoms with E-state index in [1.807, 2.05) is 0 Å². The lowest BCUT2D eigenvalue weighted by Gasteiger charge is -1.98. The number of carboxylic acid groups (broad SMARTS) is 1. The molecule has 0 aliphatic rings. The van der Waals surface area contributed by atoms with Gasteiger partial charge in [-0.25, -0.2) is 9.78 Å². The molecule has 1 aromatic carbocycles. The molecular formula is C11H7ClN2O2. The lowest BCUT2D eigenvalue weighted by molar-refractivity contribution is -0.131. The van der Waals surface area contributed by atoms with E-state index in [4.69, 9.17) is 16.7 Å². The maximum atomic E-state index is 10.4. The number of carbonyl (C=O) groups is 1. The zero-order valence-electron chi connectivity index (χ0n) is 8.09. The van der Waals surface area contributed by atoms with Crippen molar-refractivity contribution in [3.8, 4) is 0 Å². The maximum Gasteiger partial charge on any atom is 0.328 e. The van der Waals surface area contributed by atoms with Crippen molar-refractivity contribution in [1.29, 1.82) is 0 Å². The minimum Gasteiger partial charge on any atom is -0.478 e. The fourth-order valence-electron chi connectivity index (χ4n) is 1.28. The van der Waals surface area contributed by atoms with E-state index in [2.05, 4.69) is 9.97 Å². The Morgan fingerprint density at radius 3 is 2.94 bits per heavy atom. The second-order valence-corrected chi connectivity index (χ2v) is 3.50. The Bertz CT molecular complexity index is 581. The number of fused-ring (bicyclic) bond motifs is 1. The van der Waals surface area contributed by atoms with Crippen molar-refractivity contribution in [1.82, 2.24) is 9.97 Å². The van der Waals surface area contributed by atoms with E-state index in [0.29, 0.717) is 10.7 Å². The van der Waals surface area contributed by atoms with Crippen LogP contribution in [0, 0.1) is 0 Å². The normalized spacial score (nSPS) is 11.1. The maximum absolute atomic E-state index is 10.4. The number of hydrogen-bond donors (Lipinski definition) is 1. The Kier molecular flexibility index (Phi) is 2.83. The predicted molar refractivity (Wildman–Crippen MR) is 61.2 cm³/mol. The predicted octanol–water partition coefficient (Wildman–Crippen LogP) is 2.38. The number of aliphatic carboxylic acids is 1. The molecule has 0 radical (unpaired) electrons. The summed E-state index contributed by atoms with van der Waals surface area (Å²) in [7, 11) is 0. The molecule has 0 amide bonds. The minimum atomic E-state index is -0.989. The van der Waals surface area contributed by atoms with Gasteiger partial charge in [-0.15, -0.1) is 0 Å². The topological polar surface area (TPSA) is 63.1 Å². The van der Waals surface area contributed by atoms with Gasteiger partial charge < -0.3 is 5.11 Å². The van der Waals surface area contributed by atoms with Crippen molar-refractivity contribution in [3.05, 3.63) is 41.2 Å². The molecule has 2 rings (SSSR count). The summed E-state index contributed by atoms with van der Waals surface area (Å²) >= 11 is 5.71. The van der Waals surface area contributed by atoms with Gasteiger partial charge >= 0.3 is 5.97 Å². The molecule has 0 saturated heterocycles. The molecule has 0 fully saturated rings. The lowest BCUT2D eigenvalue weighted by Crippen LogP contribution is -1.87. The standard InChI is InChI=1S/C11H7ClN2O2/c12-10-6-13-8-3-1-7(2-4-11(15)16)5-9(8)14-10/h1-6H,(H,15,16). The Morgan fingerprint density at radius 1 is 1.38 bits per heavy atom. The molecule has 0 atom stereocenters. The second kappa shape index (κ2) is 4.28. The van der Waals surface area contributed by atoms with Crippen LogP contribution in [0.3, 0.4) is 0 Å². The molecule has 0 saturated carbocycles. The molecule has 16 heavy (non-hydrogen) atoms. The highest BCUT2D eigenvalue weighted by atomic mass is 35.5. The number of benzene rings is 1. The van der Waals surface area contributed by atoms with Gasteiger partial charge in [0.15, 0.2) is 0 Å². The van der Waals surface area contributed by atoms with E-state index >= 15 is 0 Å². The first-order chi connectivity index (χ1) is 7.65. The fraction of sp³-hybridized carbons (Fsp3) is 0. The summed E-state index contributed by atoms with van der Waals surface area (Å²) in [5, 5.41) is 8.81. The van der Waals surface area contributed by atoms with Gasteiger partial charge in [0.05, 0.1) is 17.2 Å². The van der Waals surface area contributed by atoms with Gasteiger partial charge in [-0.1, -0.05) is 17.7 Å². The van der Waals surface area contributed by atoms with Crippen molar-refractivity contribution in [2.24, 2.45) is 0 Å². The SMILES string of the molecule is O=C(O)C=Cc1ccc2ncc(Cl)nc2c1. The van der Waals surface area contributed by atoms with Gasteiger partial charge in [-0.05, 0) is 23.8 Å². The van der Waals surface area contributed by atoms with Gasteiger partial charge in [-0.2, -0.15) is 0 Å². The number of carboxylic acids is 1. The van der Waals surface area contributed by atoms with Gasteiger partial charge in [0.1, 0.15) is 5.15 Å². The summed E-state index contributed by atoms with van der Waals surface area (Å²) in [5.74, 6) is -0.989. The number of hydrogen-bond acceptors (Lipinski definition) is 3. The second-order valence-electron chi connectivity index (χ2n) is 3.11. The van der Waals surface area contributed by atoms with Crippen molar-refractivity contribution >= 4 is 34.7 Å². The number of rotatable bonds is 2. The zero-order valence-corrected chi connectivity index (χ0v) is 8.85. The Balaban J connectivity index is 2.46. The van der Waals surface area contributed by atoms with Crippen molar-refractivity contribution < 1.29 is 9.90 Å². The van der Waals surface area contributed by atoms with E-state index in [1.165, 1.54) is 12.3 Å². The summed E-state index contributed by atoms with van der Waals surface area (Å²) in [6.07, 6.45) is 4.03. The van der Waals surface area contributed by atoms with Crippen LogP contribution < -0.4 is 0 Å². The van der Waals surface area contributed by atoms with Gasteiger partial charge in [0.2, 0.25) is 0 Å². The Morgan fingerprint density at radius 2 is 2.19 bits per heavy atom. The summed E-state index contributed by atoms with van der Waals surface area (Å²) < 4.78 is 0. The first-order valence-electron chi connectivity index (χ1n) is 4.48. The first kappa shape index (κ1) is 10.6. The van der Waals surface area contributed by atoms with Crippen LogP contribution in [0.4, 0.5) is 0 Å². The average molecular weight is 235 g/mol. The monoisotopic (exact) mass is 234 g/mol. The molecule has 0 unspecified atom stereocenters. The molecular weight excluding hydrogens is 228 g/mol. The average Bonchev–Trinajstić information content (AvgIpc) is 2.25. The van der Waals surface area contributed by atoms with Gasteiger partial charge in [0.25, 0.3) is 0 Å². The number of nitrogens with zero attached hydrogens (tertiary/aromatic N) is 2. The smallest absolute Gasteiger partial charge is 0.328 e. The Labute approximate surface area is 96.2 Å². The Hall–Kier alpha value is -1.94. The van der Waals surface area contributed by atoms with Crippen LogP contribution in [0.25, 0.3) is 17.1 Å². The summed E-state index contributed by atoms with van der Waals surface area (Å²) in [6, 6.07) is 5.26. The zero-order chi connectivity index (χ0) is 11.5. The first-order valence-corrected chi connectivity index (χ1v) is 4.86. The highest BCUT2D eigenvalue weighted by Crippen LogP contribution is 2.15. The van der Waals surface area contributed by atoms with Gasteiger partial charge in [-0.3, -0.25) is 4.98 Å². The highest BCUT2D eigenvalue weighted by Gasteiger charge is 1.98. The van der Waals surface area contributed by atoms with Crippen LogP contribution in [-0.2, 0) is 4.79 Å². The molecule has 0 spiro atoms. The summed E-state index contributed by atoms with van der Waals surface area (Å²) in [6.45, 7) is 0.